The first-order chi connectivity index (χ1) is 5.83. The first kappa shape index (κ1) is 10.8. The van der Waals surface area contributed by atoms with Crippen molar-refractivity contribution in [3.05, 3.63) is 0 Å². The third-order valence-corrected chi connectivity index (χ3v) is 4.86. The number of thioether (sulfide) groups is 1. The molecule has 0 N–H and O–H groups in total. The maximum absolute atomic E-state index is 4.44. The Morgan fingerprint density at radius 3 is 2.58 bits per heavy atom. The zero-order valence-corrected chi connectivity index (χ0v) is 9.72. The summed E-state index contributed by atoms with van der Waals surface area (Å²) >= 11 is 6.58. The van der Waals surface area contributed by atoms with Crippen LogP contribution in [-0.2, 0) is 0 Å². The Kier molecular flexibility index (Phi) is 4.88. The summed E-state index contributed by atoms with van der Waals surface area (Å²) in [5, 5.41) is 0. The molecule has 1 fully saturated rings. The highest BCUT2D eigenvalue weighted by Gasteiger charge is 2.34. The molecule has 72 valence electrons. The third kappa shape index (κ3) is 2.88. The lowest BCUT2D eigenvalue weighted by Crippen LogP contribution is -2.33. The maximum Gasteiger partial charge on any atom is -0.000300 e. The molecule has 0 aliphatic heterocycles. The second-order valence-corrected chi connectivity index (χ2v) is 5.34. The summed E-state index contributed by atoms with van der Waals surface area (Å²) in [5.74, 6) is 3.81. The van der Waals surface area contributed by atoms with E-state index < -0.39 is 0 Å². The van der Waals surface area contributed by atoms with Gasteiger partial charge < -0.3 is 0 Å². The molecule has 1 aliphatic rings. The summed E-state index contributed by atoms with van der Waals surface area (Å²) in [4.78, 5) is 0. The van der Waals surface area contributed by atoms with Gasteiger partial charge in [-0.1, -0.05) is 19.8 Å². The molecule has 0 unspecified atom stereocenters. The van der Waals surface area contributed by atoms with Crippen molar-refractivity contribution in [1.82, 2.24) is 0 Å². The van der Waals surface area contributed by atoms with Crippen molar-refractivity contribution in [2.24, 2.45) is 5.41 Å². The first-order valence-electron chi connectivity index (χ1n) is 5.01. The van der Waals surface area contributed by atoms with E-state index in [4.69, 9.17) is 0 Å². The normalized spacial score (nSPS) is 20.5. The lowest BCUT2D eigenvalue weighted by atomic mass is 9.72. The largest absolute Gasteiger partial charge is 0.179 e. The van der Waals surface area contributed by atoms with Crippen LogP contribution in [0.15, 0.2) is 0 Å². The quantitative estimate of drug-likeness (QED) is 0.509. The zero-order chi connectivity index (χ0) is 8.86. The molecule has 0 nitrogen and oxygen atoms in total. The van der Waals surface area contributed by atoms with E-state index in [1.54, 1.807) is 0 Å². The maximum atomic E-state index is 4.44. The van der Waals surface area contributed by atoms with E-state index in [1.165, 1.54) is 43.6 Å². The molecule has 0 heterocycles. The van der Waals surface area contributed by atoms with Crippen LogP contribution in [0.5, 0.6) is 0 Å². The molecule has 1 saturated carbocycles. The van der Waals surface area contributed by atoms with Gasteiger partial charge in [-0.25, -0.2) is 0 Å². The zero-order valence-electron chi connectivity index (χ0n) is 8.01. The van der Waals surface area contributed by atoms with E-state index in [-0.39, 0.29) is 0 Å². The van der Waals surface area contributed by atoms with E-state index in [0.29, 0.717) is 5.41 Å². The molecule has 0 spiro atoms. The average Bonchev–Trinajstić information content (AvgIpc) is 2.02. The molecule has 0 aromatic heterocycles. The van der Waals surface area contributed by atoms with Gasteiger partial charge in [-0.3, -0.25) is 0 Å². The molecule has 0 aromatic rings. The van der Waals surface area contributed by atoms with E-state index in [2.05, 4.69) is 31.3 Å². The number of hydrogen-bond donors (Lipinski definition) is 1. The van der Waals surface area contributed by atoms with Gasteiger partial charge in [0.1, 0.15) is 0 Å². The van der Waals surface area contributed by atoms with E-state index >= 15 is 0 Å². The fraction of sp³-hybridized carbons (Fsp3) is 1.00. The predicted octanol–water partition coefficient (Wildman–Crippen LogP) is 3.62. The monoisotopic (exact) mass is 204 g/mol. The Labute approximate surface area is 86.3 Å². The standard InChI is InChI=1S/C10H20S2/c1-2-3-7-12-9-10(8-11)5-4-6-10/h11H,2-9H2,1H3. The predicted molar refractivity (Wildman–Crippen MR) is 62.4 cm³/mol. The number of unbranched alkanes of at least 4 members (excludes halogenated alkanes) is 1. The Hall–Kier alpha value is 0.700. The van der Waals surface area contributed by atoms with Crippen molar-refractivity contribution in [2.75, 3.05) is 17.3 Å². The van der Waals surface area contributed by atoms with E-state index in [1.807, 2.05) is 0 Å². The van der Waals surface area contributed by atoms with Crippen LogP contribution in [-0.4, -0.2) is 17.3 Å². The molecule has 0 bridgehead atoms. The van der Waals surface area contributed by atoms with Crippen molar-refractivity contribution < 1.29 is 0 Å². The van der Waals surface area contributed by atoms with Gasteiger partial charge in [0, 0.05) is 0 Å². The minimum absolute atomic E-state index is 0.640. The second kappa shape index (κ2) is 5.43. The van der Waals surface area contributed by atoms with Crippen molar-refractivity contribution in [2.45, 2.75) is 39.0 Å². The second-order valence-electron chi connectivity index (χ2n) is 3.92. The van der Waals surface area contributed by atoms with Crippen molar-refractivity contribution >= 4 is 24.4 Å². The summed E-state index contributed by atoms with van der Waals surface area (Å²) in [5.41, 5.74) is 0.640. The van der Waals surface area contributed by atoms with Crippen LogP contribution in [0.3, 0.4) is 0 Å². The topological polar surface area (TPSA) is 0 Å². The Balaban J connectivity index is 2.04. The summed E-state index contributed by atoms with van der Waals surface area (Å²) in [7, 11) is 0. The van der Waals surface area contributed by atoms with E-state index in [0.717, 1.165) is 5.75 Å². The average molecular weight is 204 g/mol. The van der Waals surface area contributed by atoms with Gasteiger partial charge in [0.25, 0.3) is 0 Å². The van der Waals surface area contributed by atoms with Gasteiger partial charge in [0.15, 0.2) is 0 Å². The van der Waals surface area contributed by atoms with Crippen molar-refractivity contribution in [3.63, 3.8) is 0 Å². The van der Waals surface area contributed by atoms with Crippen molar-refractivity contribution in [1.29, 1.82) is 0 Å². The molecule has 1 aliphatic carbocycles. The Morgan fingerprint density at radius 1 is 1.42 bits per heavy atom. The minimum Gasteiger partial charge on any atom is -0.179 e. The van der Waals surface area contributed by atoms with Crippen LogP contribution in [0.4, 0.5) is 0 Å². The summed E-state index contributed by atoms with van der Waals surface area (Å²) in [6.45, 7) is 2.26. The molecule has 0 saturated heterocycles. The highest BCUT2D eigenvalue weighted by atomic mass is 32.2. The number of hydrogen-bond acceptors (Lipinski definition) is 2. The third-order valence-electron chi connectivity index (χ3n) is 2.80. The van der Waals surface area contributed by atoms with Gasteiger partial charge in [-0.15, -0.1) is 0 Å². The minimum atomic E-state index is 0.640. The summed E-state index contributed by atoms with van der Waals surface area (Å²) in [6, 6.07) is 0. The highest BCUT2D eigenvalue weighted by Crippen LogP contribution is 2.44. The summed E-state index contributed by atoms with van der Waals surface area (Å²) in [6.07, 6.45) is 7.01. The van der Waals surface area contributed by atoms with Crippen molar-refractivity contribution in [3.8, 4) is 0 Å². The number of thiol groups is 1. The van der Waals surface area contributed by atoms with Crippen LogP contribution in [0.1, 0.15) is 39.0 Å². The highest BCUT2D eigenvalue weighted by molar-refractivity contribution is 7.99. The van der Waals surface area contributed by atoms with E-state index in [9.17, 15) is 0 Å². The lowest BCUT2D eigenvalue weighted by molar-refractivity contribution is 0.205. The van der Waals surface area contributed by atoms with Crippen LogP contribution in [0.25, 0.3) is 0 Å². The van der Waals surface area contributed by atoms with Gasteiger partial charge >= 0.3 is 0 Å². The van der Waals surface area contributed by atoms with Crippen LogP contribution >= 0.6 is 24.4 Å². The molecular weight excluding hydrogens is 184 g/mol. The van der Waals surface area contributed by atoms with Gasteiger partial charge in [0.05, 0.1) is 0 Å². The van der Waals surface area contributed by atoms with Crippen LogP contribution < -0.4 is 0 Å². The van der Waals surface area contributed by atoms with Gasteiger partial charge in [-0.2, -0.15) is 24.4 Å². The molecule has 0 radical (unpaired) electrons. The smallest absolute Gasteiger partial charge is 0.000300 e. The summed E-state index contributed by atoms with van der Waals surface area (Å²) < 4.78 is 0. The van der Waals surface area contributed by atoms with Crippen LogP contribution in [0, 0.1) is 5.41 Å². The molecule has 0 aromatic carbocycles. The molecule has 2 heteroatoms. The first-order valence-corrected chi connectivity index (χ1v) is 6.80. The lowest BCUT2D eigenvalue weighted by Gasteiger charge is -2.40. The Bertz CT molecular complexity index is 113. The fourth-order valence-electron chi connectivity index (χ4n) is 1.56. The molecule has 12 heavy (non-hydrogen) atoms. The molecule has 1 rings (SSSR count). The van der Waals surface area contributed by atoms with Gasteiger partial charge in [-0.05, 0) is 41.9 Å². The molecule has 0 amide bonds. The fourth-order valence-corrected chi connectivity index (χ4v) is 3.60. The molecular formula is C10H20S2. The van der Waals surface area contributed by atoms with Crippen LogP contribution in [0.2, 0.25) is 0 Å². The van der Waals surface area contributed by atoms with Gasteiger partial charge in [0.2, 0.25) is 0 Å². The Morgan fingerprint density at radius 2 is 2.17 bits per heavy atom. The number of rotatable bonds is 6. The SMILES string of the molecule is CCCCSCC1(CS)CCC1. The molecule has 0 atom stereocenters.